The summed E-state index contributed by atoms with van der Waals surface area (Å²) in [5, 5.41) is 10.7. The minimum atomic E-state index is -0.500. The van der Waals surface area contributed by atoms with Gasteiger partial charge in [-0.25, -0.2) is 0 Å². The fourth-order valence-corrected chi connectivity index (χ4v) is 2.59. The summed E-state index contributed by atoms with van der Waals surface area (Å²) in [6, 6.07) is 2.67. The average molecular weight is 390 g/mol. The number of hydrogen-bond acceptors (Lipinski definition) is 6. The molecule has 0 saturated heterocycles. The first-order valence-electron chi connectivity index (χ1n) is 4.86. The minimum absolute atomic E-state index is 0.0650. The van der Waals surface area contributed by atoms with Gasteiger partial charge in [0.25, 0.3) is 5.69 Å². The van der Waals surface area contributed by atoms with Crippen molar-refractivity contribution in [1.82, 2.24) is 9.97 Å². The number of halogens is 2. The number of nitrogen functional groups attached to an aromatic ring is 1. The van der Waals surface area contributed by atoms with Gasteiger partial charge in [-0.1, -0.05) is 0 Å². The topological polar surface area (TPSA) is 104 Å². The zero-order chi connectivity index (χ0) is 14.0. The van der Waals surface area contributed by atoms with E-state index in [1.807, 2.05) is 0 Å². The molecule has 1 heterocycles. The van der Waals surface area contributed by atoms with Gasteiger partial charge in [0.1, 0.15) is 5.82 Å². The summed E-state index contributed by atoms with van der Waals surface area (Å²) in [6.07, 6.45) is 2.77. The number of benzene rings is 1. The number of nitrogens with zero attached hydrogens (tertiary/aromatic N) is 3. The third-order valence-electron chi connectivity index (χ3n) is 2.03. The molecule has 0 fully saturated rings. The highest BCUT2D eigenvalue weighted by Crippen LogP contribution is 2.39. The SMILES string of the molecule is Nc1cncc(Oc2c(Br)cc([N+](=O)[O-])cc2Br)n1. The van der Waals surface area contributed by atoms with Gasteiger partial charge in [-0.2, -0.15) is 4.98 Å². The van der Waals surface area contributed by atoms with Crippen LogP contribution in [0.3, 0.4) is 0 Å². The van der Waals surface area contributed by atoms with Crippen LogP contribution in [0.15, 0.2) is 33.5 Å². The molecular formula is C10H6Br2N4O3. The van der Waals surface area contributed by atoms with Crippen molar-refractivity contribution < 1.29 is 9.66 Å². The Hall–Kier alpha value is -1.74. The number of nitro benzene ring substituents is 1. The molecule has 7 nitrogen and oxygen atoms in total. The fraction of sp³-hybridized carbons (Fsp3) is 0. The van der Waals surface area contributed by atoms with Crippen molar-refractivity contribution in [2.24, 2.45) is 0 Å². The third-order valence-corrected chi connectivity index (χ3v) is 3.21. The van der Waals surface area contributed by atoms with Crippen LogP contribution in [0.1, 0.15) is 0 Å². The molecule has 1 aromatic carbocycles. The maximum atomic E-state index is 10.7. The molecule has 2 rings (SSSR count). The number of nitrogens with two attached hydrogens (primary N) is 1. The van der Waals surface area contributed by atoms with E-state index in [9.17, 15) is 10.1 Å². The summed E-state index contributed by atoms with van der Waals surface area (Å²) in [7, 11) is 0. The van der Waals surface area contributed by atoms with Crippen molar-refractivity contribution in [2.45, 2.75) is 0 Å². The molecule has 98 valence electrons. The van der Waals surface area contributed by atoms with Gasteiger partial charge in [0.2, 0.25) is 5.88 Å². The van der Waals surface area contributed by atoms with E-state index in [0.29, 0.717) is 14.7 Å². The summed E-state index contributed by atoms with van der Waals surface area (Å²) < 4.78 is 6.31. The predicted molar refractivity (Wildman–Crippen MR) is 75.0 cm³/mol. The van der Waals surface area contributed by atoms with E-state index < -0.39 is 4.92 Å². The van der Waals surface area contributed by atoms with Crippen molar-refractivity contribution in [3.05, 3.63) is 43.6 Å². The zero-order valence-corrected chi connectivity index (χ0v) is 12.4. The molecule has 0 saturated carbocycles. The highest BCUT2D eigenvalue weighted by Gasteiger charge is 2.16. The monoisotopic (exact) mass is 388 g/mol. The molecule has 2 aromatic rings. The fourth-order valence-electron chi connectivity index (χ4n) is 1.27. The molecule has 0 aliphatic carbocycles. The lowest BCUT2D eigenvalue weighted by molar-refractivity contribution is -0.385. The molecule has 1 aromatic heterocycles. The normalized spacial score (nSPS) is 10.2. The van der Waals surface area contributed by atoms with Crippen LogP contribution in [0, 0.1) is 10.1 Å². The maximum absolute atomic E-state index is 10.7. The highest BCUT2D eigenvalue weighted by atomic mass is 79.9. The first-order valence-corrected chi connectivity index (χ1v) is 6.45. The van der Waals surface area contributed by atoms with E-state index in [4.69, 9.17) is 10.5 Å². The van der Waals surface area contributed by atoms with Crippen molar-refractivity contribution in [3.8, 4) is 11.6 Å². The van der Waals surface area contributed by atoms with Crippen LogP contribution in [0.25, 0.3) is 0 Å². The lowest BCUT2D eigenvalue weighted by Crippen LogP contribution is -1.96. The molecule has 9 heteroatoms. The Kier molecular flexibility index (Phi) is 3.96. The molecule has 0 radical (unpaired) electrons. The van der Waals surface area contributed by atoms with Crippen molar-refractivity contribution in [1.29, 1.82) is 0 Å². The van der Waals surface area contributed by atoms with Crippen LogP contribution in [0.2, 0.25) is 0 Å². The molecule has 0 bridgehead atoms. The van der Waals surface area contributed by atoms with Crippen LogP contribution in [-0.4, -0.2) is 14.9 Å². The number of hydrogen-bond donors (Lipinski definition) is 1. The lowest BCUT2D eigenvalue weighted by Gasteiger charge is -2.08. The Morgan fingerprint density at radius 3 is 2.42 bits per heavy atom. The van der Waals surface area contributed by atoms with Gasteiger partial charge >= 0.3 is 0 Å². The first-order chi connectivity index (χ1) is 8.97. The zero-order valence-electron chi connectivity index (χ0n) is 9.21. The van der Waals surface area contributed by atoms with E-state index in [0.717, 1.165) is 0 Å². The second-order valence-corrected chi connectivity index (χ2v) is 5.09. The average Bonchev–Trinajstić information content (AvgIpc) is 2.33. The van der Waals surface area contributed by atoms with E-state index in [1.165, 1.54) is 24.5 Å². The van der Waals surface area contributed by atoms with Crippen molar-refractivity contribution in [2.75, 3.05) is 5.73 Å². The van der Waals surface area contributed by atoms with Crippen LogP contribution in [-0.2, 0) is 0 Å². The van der Waals surface area contributed by atoms with Gasteiger partial charge in [0, 0.05) is 12.1 Å². The van der Waals surface area contributed by atoms with Crippen LogP contribution >= 0.6 is 31.9 Å². The molecule has 0 aliphatic heterocycles. The first kappa shape index (κ1) is 13.7. The summed E-state index contributed by atoms with van der Waals surface area (Å²) in [6.45, 7) is 0. The number of anilines is 1. The van der Waals surface area contributed by atoms with E-state index in [1.54, 1.807) is 0 Å². The van der Waals surface area contributed by atoms with Crippen LogP contribution in [0.5, 0.6) is 11.6 Å². The smallest absolute Gasteiger partial charge is 0.271 e. The molecule has 19 heavy (non-hydrogen) atoms. The number of non-ortho nitro benzene ring substituents is 1. The van der Waals surface area contributed by atoms with E-state index >= 15 is 0 Å². The van der Waals surface area contributed by atoms with Gasteiger partial charge in [-0.15, -0.1) is 0 Å². The lowest BCUT2D eigenvalue weighted by atomic mass is 10.3. The number of rotatable bonds is 3. The number of nitro groups is 1. The largest absolute Gasteiger partial charge is 0.435 e. The summed E-state index contributed by atoms with van der Waals surface area (Å²) in [4.78, 5) is 18.0. The minimum Gasteiger partial charge on any atom is -0.435 e. The van der Waals surface area contributed by atoms with Crippen LogP contribution < -0.4 is 10.5 Å². The number of aromatic nitrogens is 2. The molecule has 0 spiro atoms. The van der Waals surface area contributed by atoms with Gasteiger partial charge in [0.15, 0.2) is 5.75 Å². The maximum Gasteiger partial charge on any atom is 0.271 e. The van der Waals surface area contributed by atoms with Gasteiger partial charge in [-0.05, 0) is 31.9 Å². The van der Waals surface area contributed by atoms with Crippen molar-refractivity contribution >= 4 is 43.4 Å². The van der Waals surface area contributed by atoms with Gasteiger partial charge in [0.05, 0.1) is 26.3 Å². The standard InChI is InChI=1S/C10H6Br2N4O3/c11-6-1-5(16(17)18)2-7(12)10(6)19-9-4-14-3-8(13)15-9/h1-4H,(H2,13,15). The molecule has 0 unspecified atom stereocenters. The molecule has 0 amide bonds. The Bertz CT molecular complexity index is 627. The van der Waals surface area contributed by atoms with Crippen molar-refractivity contribution in [3.63, 3.8) is 0 Å². The Morgan fingerprint density at radius 1 is 1.26 bits per heavy atom. The highest BCUT2D eigenvalue weighted by molar-refractivity contribution is 9.11. The quantitative estimate of drug-likeness (QED) is 0.637. The Balaban J connectivity index is 2.38. The van der Waals surface area contributed by atoms with E-state index in [-0.39, 0.29) is 17.4 Å². The number of ether oxygens (including phenoxy) is 1. The van der Waals surface area contributed by atoms with Gasteiger partial charge < -0.3 is 10.5 Å². The third kappa shape index (κ3) is 3.18. The molecule has 0 atom stereocenters. The van der Waals surface area contributed by atoms with Gasteiger partial charge in [-0.3, -0.25) is 15.1 Å². The molecule has 2 N–H and O–H groups in total. The summed E-state index contributed by atoms with van der Waals surface area (Å²) in [5.74, 6) is 0.757. The molecular weight excluding hydrogens is 384 g/mol. The summed E-state index contributed by atoms with van der Waals surface area (Å²) in [5.41, 5.74) is 5.42. The van der Waals surface area contributed by atoms with Crippen LogP contribution in [0.4, 0.5) is 11.5 Å². The molecule has 0 aliphatic rings. The van der Waals surface area contributed by atoms with E-state index in [2.05, 4.69) is 41.8 Å². The second kappa shape index (κ2) is 5.49. The summed E-state index contributed by atoms with van der Waals surface area (Å²) >= 11 is 6.41. The Morgan fingerprint density at radius 2 is 1.89 bits per heavy atom. The second-order valence-electron chi connectivity index (χ2n) is 3.38. The Labute approximate surface area is 124 Å². The predicted octanol–water partition coefficient (Wildman–Crippen LogP) is 3.28.